The SMILES string of the molecule is [CH3][Sn]([CH3])([CH3])[CH]=CCCCCCCOC1CCCCO1. The second kappa shape index (κ2) is 10.2. The average molecular weight is 375 g/mol. The molecule has 0 radical (unpaired) electrons. The molecule has 0 spiro atoms. The van der Waals surface area contributed by atoms with Crippen LogP contribution in [0.5, 0.6) is 0 Å². The van der Waals surface area contributed by atoms with Gasteiger partial charge in [0.15, 0.2) is 0 Å². The third-order valence-electron chi connectivity index (χ3n) is 3.32. The van der Waals surface area contributed by atoms with Crippen LogP contribution in [0.15, 0.2) is 10.2 Å². The van der Waals surface area contributed by atoms with Crippen molar-refractivity contribution in [1.82, 2.24) is 0 Å². The fraction of sp³-hybridized carbons (Fsp3) is 0.875. The van der Waals surface area contributed by atoms with E-state index in [1.165, 1.54) is 44.9 Å². The summed E-state index contributed by atoms with van der Waals surface area (Å²) in [6.45, 7) is 1.76. The summed E-state index contributed by atoms with van der Waals surface area (Å²) in [7, 11) is 0. The molecule has 1 heterocycles. The Hall–Kier alpha value is 0.459. The molecule has 0 N–H and O–H groups in total. The van der Waals surface area contributed by atoms with Gasteiger partial charge >= 0.3 is 117 Å². The second-order valence-corrected chi connectivity index (χ2v) is 21.1. The van der Waals surface area contributed by atoms with Gasteiger partial charge in [-0.15, -0.1) is 0 Å². The molecule has 1 atom stereocenters. The number of hydrogen-bond acceptors (Lipinski definition) is 2. The van der Waals surface area contributed by atoms with Gasteiger partial charge in [-0.3, -0.25) is 0 Å². The standard InChI is InChI=1S/C13H23O2.3CH3.Sn/c1-2-3-4-5-6-8-11-14-13-10-7-9-12-15-13;;;;/h1-2,13H,3-12H2;3*1H3;. The van der Waals surface area contributed by atoms with Crippen LogP contribution in [0.4, 0.5) is 0 Å². The second-order valence-electron chi connectivity index (χ2n) is 6.64. The quantitative estimate of drug-likeness (QED) is 0.421. The average Bonchev–Trinajstić information content (AvgIpc) is 2.37. The van der Waals surface area contributed by atoms with Crippen molar-refractivity contribution >= 4 is 18.4 Å². The molecule has 1 aliphatic rings. The van der Waals surface area contributed by atoms with Crippen molar-refractivity contribution < 1.29 is 9.47 Å². The van der Waals surface area contributed by atoms with Crippen LogP contribution in [0.2, 0.25) is 14.8 Å². The van der Waals surface area contributed by atoms with Gasteiger partial charge in [0.1, 0.15) is 0 Å². The molecular weight excluding hydrogens is 343 g/mol. The molecule has 0 aliphatic carbocycles. The maximum atomic E-state index is 5.73. The Balaban J connectivity index is 1.84. The van der Waals surface area contributed by atoms with Crippen molar-refractivity contribution in [1.29, 1.82) is 0 Å². The van der Waals surface area contributed by atoms with E-state index >= 15 is 0 Å². The predicted octanol–water partition coefficient (Wildman–Crippen LogP) is 4.91. The minimum atomic E-state index is -1.64. The molecule has 0 saturated carbocycles. The topological polar surface area (TPSA) is 18.5 Å². The maximum absolute atomic E-state index is 5.73. The van der Waals surface area contributed by atoms with Crippen LogP contribution in [0.1, 0.15) is 51.4 Å². The summed E-state index contributed by atoms with van der Waals surface area (Å²) >= 11 is -1.64. The zero-order valence-electron chi connectivity index (χ0n) is 13.1. The van der Waals surface area contributed by atoms with Crippen molar-refractivity contribution in [2.75, 3.05) is 13.2 Å². The molecule has 0 bridgehead atoms. The third-order valence-corrected chi connectivity index (χ3v) is 6.85. The molecule has 1 fully saturated rings. The van der Waals surface area contributed by atoms with Gasteiger partial charge in [-0.2, -0.15) is 0 Å². The van der Waals surface area contributed by atoms with E-state index < -0.39 is 18.4 Å². The summed E-state index contributed by atoms with van der Waals surface area (Å²) < 4.78 is 13.8. The van der Waals surface area contributed by atoms with E-state index in [-0.39, 0.29) is 6.29 Å². The third kappa shape index (κ3) is 10.9. The fourth-order valence-corrected chi connectivity index (χ4v) is 4.71. The fourth-order valence-electron chi connectivity index (χ4n) is 2.21. The Kier molecular flexibility index (Phi) is 9.42. The van der Waals surface area contributed by atoms with Gasteiger partial charge in [0.2, 0.25) is 0 Å². The zero-order chi connectivity index (χ0) is 14.0. The van der Waals surface area contributed by atoms with Crippen LogP contribution in [-0.2, 0) is 9.47 Å². The Morgan fingerprint density at radius 1 is 1.11 bits per heavy atom. The molecule has 1 unspecified atom stereocenters. The summed E-state index contributed by atoms with van der Waals surface area (Å²) in [4.78, 5) is 7.36. The molecule has 0 amide bonds. The van der Waals surface area contributed by atoms with Crippen LogP contribution in [0.25, 0.3) is 0 Å². The summed E-state index contributed by atoms with van der Waals surface area (Å²) in [5.41, 5.74) is 0. The van der Waals surface area contributed by atoms with Gasteiger partial charge in [-0.25, -0.2) is 0 Å². The van der Waals surface area contributed by atoms with Gasteiger partial charge in [0, 0.05) is 0 Å². The van der Waals surface area contributed by atoms with E-state index in [0.29, 0.717) is 0 Å². The molecule has 0 aromatic heterocycles. The minimum absolute atomic E-state index is 0.0935. The van der Waals surface area contributed by atoms with Crippen molar-refractivity contribution in [3.63, 3.8) is 0 Å². The normalized spacial score (nSPS) is 21.1. The first-order chi connectivity index (χ1) is 9.08. The zero-order valence-corrected chi connectivity index (χ0v) is 16.0. The van der Waals surface area contributed by atoms with Gasteiger partial charge in [0.25, 0.3) is 0 Å². The first-order valence-corrected chi connectivity index (χ1v) is 18.2. The Morgan fingerprint density at radius 2 is 1.89 bits per heavy atom. The van der Waals surface area contributed by atoms with Crippen molar-refractivity contribution in [2.24, 2.45) is 0 Å². The number of rotatable bonds is 9. The summed E-state index contributed by atoms with van der Waals surface area (Å²) in [5.74, 6) is 0. The summed E-state index contributed by atoms with van der Waals surface area (Å²) in [6.07, 6.45) is 12.5. The number of ether oxygens (including phenoxy) is 2. The number of unbranched alkanes of at least 4 members (excludes halogenated alkanes) is 4. The number of allylic oxidation sites excluding steroid dienone is 1. The van der Waals surface area contributed by atoms with Crippen LogP contribution < -0.4 is 0 Å². The van der Waals surface area contributed by atoms with Crippen LogP contribution >= 0.6 is 0 Å². The van der Waals surface area contributed by atoms with Gasteiger partial charge in [-0.1, -0.05) is 0 Å². The van der Waals surface area contributed by atoms with Crippen molar-refractivity contribution in [3.8, 4) is 0 Å². The molecule has 3 heteroatoms. The van der Waals surface area contributed by atoms with Gasteiger partial charge < -0.3 is 0 Å². The first kappa shape index (κ1) is 17.5. The Morgan fingerprint density at radius 3 is 2.58 bits per heavy atom. The molecule has 0 aromatic carbocycles. The number of hydrogen-bond donors (Lipinski definition) is 0. The van der Waals surface area contributed by atoms with Crippen LogP contribution in [0.3, 0.4) is 0 Å². The van der Waals surface area contributed by atoms with E-state index in [9.17, 15) is 0 Å². The first-order valence-electron chi connectivity index (χ1n) is 7.99. The Bertz CT molecular complexity index is 240. The molecular formula is C16H32O2Sn. The monoisotopic (exact) mass is 376 g/mol. The van der Waals surface area contributed by atoms with Crippen LogP contribution in [-0.4, -0.2) is 37.9 Å². The molecule has 2 nitrogen and oxygen atoms in total. The van der Waals surface area contributed by atoms with Gasteiger partial charge in [0.05, 0.1) is 0 Å². The Labute approximate surface area is 123 Å². The van der Waals surface area contributed by atoms with Gasteiger partial charge in [-0.05, 0) is 6.42 Å². The molecule has 1 saturated heterocycles. The van der Waals surface area contributed by atoms with E-state index in [0.717, 1.165) is 19.6 Å². The van der Waals surface area contributed by atoms with Crippen molar-refractivity contribution in [3.05, 3.63) is 10.2 Å². The van der Waals surface area contributed by atoms with E-state index in [1.54, 1.807) is 0 Å². The molecule has 19 heavy (non-hydrogen) atoms. The predicted molar refractivity (Wildman–Crippen MR) is 85.1 cm³/mol. The van der Waals surface area contributed by atoms with Crippen molar-refractivity contribution in [2.45, 2.75) is 72.5 Å². The molecule has 1 aliphatic heterocycles. The summed E-state index contributed by atoms with van der Waals surface area (Å²) in [6, 6.07) is 0. The van der Waals surface area contributed by atoms with E-state index in [1.807, 2.05) is 0 Å². The van der Waals surface area contributed by atoms with E-state index in [4.69, 9.17) is 9.47 Å². The van der Waals surface area contributed by atoms with E-state index in [2.05, 4.69) is 25.0 Å². The van der Waals surface area contributed by atoms with Crippen LogP contribution in [0, 0.1) is 0 Å². The molecule has 112 valence electrons. The molecule has 0 aromatic rings. The summed E-state index contributed by atoms with van der Waals surface area (Å²) in [5, 5.41) is 0. The molecule has 1 rings (SSSR count).